The van der Waals surface area contributed by atoms with Crippen molar-refractivity contribution < 1.29 is 19.1 Å². The van der Waals surface area contributed by atoms with E-state index in [4.69, 9.17) is 15.2 Å². The number of carbonyl (C=O) groups is 2. The highest BCUT2D eigenvalue weighted by atomic mass is 16.5. The molecule has 39 heavy (non-hydrogen) atoms. The molecule has 0 bridgehead atoms. The number of carbonyl (C=O) groups excluding carboxylic acids is 2. The summed E-state index contributed by atoms with van der Waals surface area (Å²) in [5, 5.41) is 4.28. The Morgan fingerprint density at radius 3 is 2.03 bits per heavy atom. The number of methoxy groups -OCH3 is 2. The van der Waals surface area contributed by atoms with Crippen LogP contribution in [0.3, 0.4) is 0 Å². The SMILES string of the molecule is COc1ccc(CN)c(OC)c1Cc1[nH]c2ccccc2c1C1=C(c2c(C)[nH]c3ccccc23)C(=O)NC1=O. The lowest BCUT2D eigenvalue weighted by molar-refractivity contribution is -0.122. The van der Waals surface area contributed by atoms with Crippen molar-refractivity contribution in [2.24, 2.45) is 5.73 Å². The number of nitrogens with two attached hydrogens (primary N) is 1. The second kappa shape index (κ2) is 9.49. The smallest absolute Gasteiger partial charge is 0.259 e. The number of amides is 2. The van der Waals surface area contributed by atoms with Gasteiger partial charge in [-0.25, -0.2) is 0 Å². The second-order valence-electron chi connectivity index (χ2n) is 9.55. The van der Waals surface area contributed by atoms with Gasteiger partial charge in [0, 0.05) is 68.4 Å². The van der Waals surface area contributed by atoms with Crippen LogP contribution in [0.1, 0.15) is 33.6 Å². The molecule has 0 spiro atoms. The van der Waals surface area contributed by atoms with E-state index in [-0.39, 0.29) is 0 Å². The molecule has 5 N–H and O–H groups in total. The van der Waals surface area contributed by atoms with Gasteiger partial charge in [0.15, 0.2) is 0 Å². The maximum atomic E-state index is 13.6. The Morgan fingerprint density at radius 2 is 1.38 bits per heavy atom. The van der Waals surface area contributed by atoms with Crippen molar-refractivity contribution in [1.82, 2.24) is 15.3 Å². The predicted octanol–water partition coefficient (Wildman–Crippen LogP) is 4.59. The van der Waals surface area contributed by atoms with E-state index >= 15 is 0 Å². The Balaban J connectivity index is 1.66. The second-order valence-corrected chi connectivity index (χ2v) is 9.55. The number of fused-ring (bicyclic) bond motifs is 2. The first-order valence-electron chi connectivity index (χ1n) is 12.7. The van der Waals surface area contributed by atoms with Gasteiger partial charge in [0.2, 0.25) is 0 Å². The molecule has 0 unspecified atom stereocenters. The van der Waals surface area contributed by atoms with Crippen molar-refractivity contribution in [1.29, 1.82) is 0 Å². The van der Waals surface area contributed by atoms with Crippen molar-refractivity contribution in [3.8, 4) is 11.5 Å². The normalized spacial score (nSPS) is 13.5. The van der Waals surface area contributed by atoms with Gasteiger partial charge >= 0.3 is 0 Å². The zero-order valence-corrected chi connectivity index (χ0v) is 21.9. The monoisotopic (exact) mass is 520 g/mol. The number of imide groups is 1. The van der Waals surface area contributed by atoms with Crippen LogP contribution >= 0.6 is 0 Å². The van der Waals surface area contributed by atoms with Crippen LogP contribution in [-0.4, -0.2) is 36.0 Å². The van der Waals surface area contributed by atoms with Crippen molar-refractivity contribution in [3.05, 3.63) is 94.3 Å². The molecular weight excluding hydrogens is 492 g/mol. The number of H-pyrrole nitrogens is 2. The zero-order chi connectivity index (χ0) is 27.3. The third kappa shape index (κ3) is 3.80. The summed E-state index contributed by atoms with van der Waals surface area (Å²) in [6.07, 6.45) is 0.356. The van der Waals surface area contributed by atoms with Crippen LogP contribution in [0.5, 0.6) is 11.5 Å². The van der Waals surface area contributed by atoms with Crippen LogP contribution in [0.2, 0.25) is 0 Å². The molecule has 0 aliphatic carbocycles. The minimum Gasteiger partial charge on any atom is -0.496 e. The van der Waals surface area contributed by atoms with Gasteiger partial charge in [-0.3, -0.25) is 14.9 Å². The number of benzene rings is 3. The number of rotatable bonds is 7. The number of aryl methyl sites for hydroxylation is 1. The van der Waals surface area contributed by atoms with E-state index in [1.54, 1.807) is 14.2 Å². The minimum atomic E-state index is -0.430. The van der Waals surface area contributed by atoms with E-state index in [0.29, 0.717) is 41.2 Å². The van der Waals surface area contributed by atoms with Crippen LogP contribution in [0, 0.1) is 6.92 Å². The first kappa shape index (κ1) is 24.5. The highest BCUT2D eigenvalue weighted by Crippen LogP contribution is 2.42. The molecule has 0 atom stereocenters. The molecule has 6 rings (SSSR count). The van der Waals surface area contributed by atoms with Gasteiger partial charge in [-0.2, -0.15) is 0 Å². The molecule has 0 saturated heterocycles. The van der Waals surface area contributed by atoms with Crippen molar-refractivity contribution >= 4 is 44.8 Å². The fourth-order valence-electron chi connectivity index (χ4n) is 5.76. The Morgan fingerprint density at radius 1 is 0.769 bits per heavy atom. The number of aromatic amines is 2. The van der Waals surface area contributed by atoms with E-state index in [9.17, 15) is 9.59 Å². The summed E-state index contributed by atoms with van der Waals surface area (Å²) in [7, 11) is 3.21. The summed E-state index contributed by atoms with van der Waals surface area (Å²) < 4.78 is 11.5. The summed E-state index contributed by atoms with van der Waals surface area (Å²) in [6.45, 7) is 2.21. The molecular formula is C31H28N4O4. The van der Waals surface area contributed by atoms with Crippen LogP contribution in [0.4, 0.5) is 0 Å². The number of aromatic nitrogens is 2. The quantitative estimate of drug-likeness (QED) is 0.234. The molecule has 2 aromatic heterocycles. The Labute approximate surface area is 224 Å². The van der Waals surface area contributed by atoms with Crippen LogP contribution < -0.4 is 20.5 Å². The predicted molar refractivity (Wildman–Crippen MR) is 152 cm³/mol. The maximum Gasteiger partial charge on any atom is 0.259 e. The average Bonchev–Trinajstić information content (AvgIpc) is 3.56. The average molecular weight is 521 g/mol. The van der Waals surface area contributed by atoms with Crippen LogP contribution in [0.15, 0.2) is 60.7 Å². The highest BCUT2D eigenvalue weighted by molar-refractivity contribution is 6.51. The number of para-hydroxylation sites is 2. The van der Waals surface area contributed by atoms with Crippen LogP contribution in [-0.2, 0) is 22.6 Å². The first-order valence-corrected chi connectivity index (χ1v) is 12.7. The Kier molecular flexibility index (Phi) is 5.96. The van der Waals surface area contributed by atoms with E-state index in [1.165, 1.54) is 0 Å². The van der Waals surface area contributed by atoms with Gasteiger partial charge in [0.05, 0.1) is 25.4 Å². The number of ether oxygens (including phenoxy) is 2. The van der Waals surface area contributed by atoms with E-state index in [2.05, 4.69) is 15.3 Å². The van der Waals surface area contributed by atoms with Gasteiger partial charge in [0.25, 0.3) is 11.8 Å². The molecule has 1 aliphatic rings. The number of hydrogen-bond donors (Lipinski definition) is 4. The number of nitrogens with one attached hydrogen (secondary N) is 3. The maximum absolute atomic E-state index is 13.6. The molecule has 3 aromatic carbocycles. The summed E-state index contributed by atoms with van der Waals surface area (Å²) in [4.78, 5) is 33.8. The van der Waals surface area contributed by atoms with Crippen molar-refractivity contribution in [2.75, 3.05) is 14.2 Å². The summed E-state index contributed by atoms with van der Waals surface area (Å²) in [5.74, 6) is 0.428. The standard InChI is InChI=1S/C31H28N4O4/c1-16-25(18-8-4-6-10-21(18)33-16)27-28(31(37)35-30(27)36)26-19-9-5-7-11-22(19)34-23(26)14-20-24(38-2)13-12-17(15-32)29(20)39-3/h4-13,33-34H,14-15,32H2,1-3H3,(H,35,36,37). The van der Waals surface area contributed by atoms with Crippen molar-refractivity contribution in [2.45, 2.75) is 19.9 Å². The largest absolute Gasteiger partial charge is 0.496 e. The molecule has 5 aromatic rings. The van der Waals surface area contributed by atoms with E-state index in [0.717, 1.165) is 49.9 Å². The van der Waals surface area contributed by atoms with Gasteiger partial charge in [-0.15, -0.1) is 0 Å². The molecule has 8 heteroatoms. The van der Waals surface area contributed by atoms with Gasteiger partial charge < -0.3 is 25.2 Å². The molecule has 1 aliphatic heterocycles. The zero-order valence-electron chi connectivity index (χ0n) is 21.9. The van der Waals surface area contributed by atoms with Gasteiger partial charge in [-0.05, 0) is 25.1 Å². The van der Waals surface area contributed by atoms with Crippen LogP contribution in [0.25, 0.3) is 33.0 Å². The lowest BCUT2D eigenvalue weighted by atomic mass is 9.91. The highest BCUT2D eigenvalue weighted by Gasteiger charge is 2.37. The molecule has 3 heterocycles. The number of hydrogen-bond acceptors (Lipinski definition) is 5. The van der Waals surface area contributed by atoms with Gasteiger partial charge in [-0.1, -0.05) is 42.5 Å². The summed E-state index contributed by atoms with van der Waals surface area (Å²) in [6, 6.07) is 19.3. The van der Waals surface area contributed by atoms with Gasteiger partial charge in [0.1, 0.15) is 11.5 Å². The molecule has 8 nitrogen and oxygen atoms in total. The van der Waals surface area contributed by atoms with E-state index in [1.807, 2.05) is 67.6 Å². The molecule has 0 saturated carbocycles. The fourth-order valence-corrected chi connectivity index (χ4v) is 5.76. The lowest BCUT2D eigenvalue weighted by Crippen LogP contribution is -2.23. The van der Waals surface area contributed by atoms with E-state index < -0.39 is 11.8 Å². The third-order valence-corrected chi connectivity index (χ3v) is 7.41. The fraction of sp³-hybridized carbons (Fsp3) is 0.161. The molecule has 0 radical (unpaired) electrons. The van der Waals surface area contributed by atoms with Crippen molar-refractivity contribution in [3.63, 3.8) is 0 Å². The Bertz CT molecular complexity index is 1830. The first-order chi connectivity index (χ1) is 19.0. The minimum absolute atomic E-state index is 0.297. The topological polar surface area (TPSA) is 122 Å². The molecule has 2 amide bonds. The Hall–Kier alpha value is -4.82. The third-order valence-electron chi connectivity index (χ3n) is 7.41. The summed E-state index contributed by atoms with van der Waals surface area (Å²) in [5.41, 5.74) is 13.1. The summed E-state index contributed by atoms with van der Waals surface area (Å²) >= 11 is 0. The molecule has 196 valence electrons. The lowest BCUT2D eigenvalue weighted by Gasteiger charge is -2.17. The molecule has 0 fully saturated rings.